The highest BCUT2D eigenvalue weighted by Crippen LogP contribution is 2.19. The summed E-state index contributed by atoms with van der Waals surface area (Å²) < 4.78 is 7.59. The molecule has 2 heterocycles. The molecule has 1 saturated heterocycles. The van der Waals surface area contributed by atoms with Gasteiger partial charge in [0.25, 0.3) is 0 Å². The van der Waals surface area contributed by atoms with Gasteiger partial charge in [0.1, 0.15) is 5.82 Å². The number of rotatable bonds is 5. The van der Waals surface area contributed by atoms with Crippen molar-refractivity contribution in [3.8, 4) is 0 Å². The van der Waals surface area contributed by atoms with Gasteiger partial charge >= 0.3 is 0 Å². The second-order valence-electron chi connectivity index (χ2n) is 4.85. The van der Waals surface area contributed by atoms with Gasteiger partial charge in [-0.1, -0.05) is 6.92 Å². The quantitative estimate of drug-likeness (QED) is 0.846. The van der Waals surface area contributed by atoms with Crippen LogP contribution in [0.15, 0.2) is 12.4 Å². The normalized spacial score (nSPS) is 19.4. The molecular weight excluding hydrogens is 214 g/mol. The Morgan fingerprint density at radius 2 is 2.29 bits per heavy atom. The molecule has 17 heavy (non-hydrogen) atoms. The maximum absolute atomic E-state index is 6.30. The predicted octanol–water partition coefficient (Wildman–Crippen LogP) is 1.59. The lowest BCUT2D eigenvalue weighted by atomic mass is 9.90. The van der Waals surface area contributed by atoms with Crippen LogP contribution in [-0.2, 0) is 17.7 Å². The first-order valence-corrected chi connectivity index (χ1v) is 6.64. The van der Waals surface area contributed by atoms with Gasteiger partial charge in [-0.2, -0.15) is 0 Å². The van der Waals surface area contributed by atoms with E-state index < -0.39 is 0 Å². The van der Waals surface area contributed by atoms with Gasteiger partial charge in [-0.05, 0) is 25.2 Å². The summed E-state index contributed by atoms with van der Waals surface area (Å²) in [5.74, 6) is 1.72. The van der Waals surface area contributed by atoms with Crippen molar-refractivity contribution in [2.75, 3.05) is 13.2 Å². The highest BCUT2D eigenvalue weighted by Gasteiger charge is 2.22. The van der Waals surface area contributed by atoms with E-state index in [1.165, 1.54) is 0 Å². The van der Waals surface area contributed by atoms with E-state index in [0.717, 1.165) is 51.3 Å². The zero-order valence-corrected chi connectivity index (χ0v) is 10.6. The average molecular weight is 237 g/mol. The maximum Gasteiger partial charge on any atom is 0.110 e. The second kappa shape index (κ2) is 6.17. The summed E-state index contributed by atoms with van der Waals surface area (Å²) in [5, 5.41) is 0. The van der Waals surface area contributed by atoms with Gasteiger partial charge in [0.15, 0.2) is 0 Å². The highest BCUT2D eigenvalue weighted by molar-refractivity contribution is 4.96. The molecule has 96 valence electrons. The molecule has 4 nitrogen and oxygen atoms in total. The van der Waals surface area contributed by atoms with Gasteiger partial charge in [0, 0.05) is 44.6 Å². The van der Waals surface area contributed by atoms with E-state index in [9.17, 15) is 0 Å². The van der Waals surface area contributed by atoms with E-state index in [4.69, 9.17) is 10.5 Å². The van der Waals surface area contributed by atoms with E-state index in [1.54, 1.807) is 0 Å². The van der Waals surface area contributed by atoms with Gasteiger partial charge in [0.2, 0.25) is 0 Å². The molecule has 0 saturated carbocycles. The van der Waals surface area contributed by atoms with Crippen molar-refractivity contribution in [1.82, 2.24) is 9.55 Å². The molecule has 4 heteroatoms. The Labute approximate surface area is 103 Å². The van der Waals surface area contributed by atoms with Crippen LogP contribution in [0.2, 0.25) is 0 Å². The first kappa shape index (κ1) is 12.6. The Morgan fingerprint density at radius 1 is 1.53 bits per heavy atom. The first-order chi connectivity index (χ1) is 8.31. The Morgan fingerprint density at radius 3 is 3.00 bits per heavy atom. The van der Waals surface area contributed by atoms with Crippen LogP contribution in [0.3, 0.4) is 0 Å². The summed E-state index contributed by atoms with van der Waals surface area (Å²) in [4.78, 5) is 4.42. The van der Waals surface area contributed by atoms with Gasteiger partial charge in [-0.25, -0.2) is 4.98 Å². The molecule has 1 aliphatic rings. The van der Waals surface area contributed by atoms with Crippen LogP contribution in [0.1, 0.15) is 32.0 Å². The summed E-state index contributed by atoms with van der Waals surface area (Å²) in [6.45, 7) is 4.95. The molecule has 1 fully saturated rings. The Kier molecular flexibility index (Phi) is 4.57. The fourth-order valence-corrected chi connectivity index (χ4v) is 2.50. The van der Waals surface area contributed by atoms with Gasteiger partial charge < -0.3 is 15.0 Å². The number of nitrogens with two attached hydrogens (primary N) is 1. The minimum absolute atomic E-state index is 0.219. The number of aromatic nitrogens is 2. The number of hydrogen-bond acceptors (Lipinski definition) is 3. The summed E-state index contributed by atoms with van der Waals surface area (Å²) in [6.07, 6.45) is 8.13. The number of nitrogens with zero attached hydrogens (tertiary/aromatic N) is 2. The highest BCUT2D eigenvalue weighted by atomic mass is 16.5. The van der Waals surface area contributed by atoms with Crippen LogP contribution < -0.4 is 5.73 Å². The molecule has 2 N–H and O–H groups in total. The third-order valence-corrected chi connectivity index (χ3v) is 3.56. The van der Waals surface area contributed by atoms with E-state index >= 15 is 0 Å². The van der Waals surface area contributed by atoms with Crippen LogP contribution in [0.4, 0.5) is 0 Å². The molecule has 0 spiro atoms. The van der Waals surface area contributed by atoms with Gasteiger partial charge in [-0.3, -0.25) is 0 Å². The largest absolute Gasteiger partial charge is 0.381 e. The number of aryl methyl sites for hydroxylation is 1. The summed E-state index contributed by atoms with van der Waals surface area (Å²) in [6, 6.07) is 0.219. The third-order valence-electron chi connectivity index (χ3n) is 3.56. The maximum atomic E-state index is 6.30. The summed E-state index contributed by atoms with van der Waals surface area (Å²) in [5.41, 5.74) is 6.30. The van der Waals surface area contributed by atoms with Crippen molar-refractivity contribution in [3.63, 3.8) is 0 Å². The smallest absolute Gasteiger partial charge is 0.110 e. The van der Waals surface area contributed by atoms with Crippen molar-refractivity contribution < 1.29 is 4.74 Å². The molecule has 1 aromatic heterocycles. The van der Waals surface area contributed by atoms with E-state index in [0.29, 0.717) is 5.92 Å². The van der Waals surface area contributed by atoms with E-state index in [-0.39, 0.29) is 6.04 Å². The molecule has 1 aliphatic heterocycles. The van der Waals surface area contributed by atoms with Gasteiger partial charge in [0.05, 0.1) is 0 Å². The zero-order valence-electron chi connectivity index (χ0n) is 10.6. The van der Waals surface area contributed by atoms with E-state index in [2.05, 4.69) is 22.7 Å². The third kappa shape index (κ3) is 3.30. The predicted molar refractivity (Wildman–Crippen MR) is 67.7 cm³/mol. The molecule has 0 bridgehead atoms. The van der Waals surface area contributed by atoms with E-state index in [1.807, 2.05) is 6.20 Å². The van der Waals surface area contributed by atoms with Gasteiger partial charge in [-0.15, -0.1) is 0 Å². The standard InChI is InChI=1S/C13H23N3O/c1-2-6-16-7-5-15-13(16)10-12(14)11-3-8-17-9-4-11/h5,7,11-12H,2-4,6,8-10,14H2,1H3. The molecule has 0 aliphatic carbocycles. The number of ether oxygens (including phenoxy) is 1. The van der Waals surface area contributed by atoms with Crippen LogP contribution in [0, 0.1) is 5.92 Å². The van der Waals surface area contributed by atoms with Crippen molar-refractivity contribution in [2.45, 2.75) is 45.2 Å². The fourth-order valence-electron chi connectivity index (χ4n) is 2.50. The second-order valence-corrected chi connectivity index (χ2v) is 4.85. The monoisotopic (exact) mass is 237 g/mol. The Bertz CT molecular complexity index is 331. The molecular formula is C13H23N3O. The lowest BCUT2D eigenvalue weighted by molar-refractivity contribution is 0.0582. The molecule has 0 aromatic carbocycles. The first-order valence-electron chi connectivity index (χ1n) is 6.64. The van der Waals surface area contributed by atoms with Crippen LogP contribution in [-0.4, -0.2) is 28.8 Å². The molecule has 0 radical (unpaired) electrons. The summed E-state index contributed by atoms with van der Waals surface area (Å²) in [7, 11) is 0. The molecule has 1 aromatic rings. The lowest BCUT2D eigenvalue weighted by Crippen LogP contribution is -2.36. The van der Waals surface area contributed by atoms with Crippen LogP contribution >= 0.6 is 0 Å². The van der Waals surface area contributed by atoms with Crippen molar-refractivity contribution in [1.29, 1.82) is 0 Å². The fraction of sp³-hybridized carbons (Fsp3) is 0.769. The number of imidazole rings is 1. The molecule has 0 amide bonds. The zero-order chi connectivity index (χ0) is 12.1. The SMILES string of the molecule is CCCn1ccnc1CC(N)C1CCOCC1. The van der Waals surface area contributed by atoms with Crippen molar-refractivity contribution in [3.05, 3.63) is 18.2 Å². The Balaban J connectivity index is 1.92. The molecule has 1 unspecified atom stereocenters. The minimum Gasteiger partial charge on any atom is -0.381 e. The minimum atomic E-state index is 0.219. The summed E-state index contributed by atoms with van der Waals surface area (Å²) >= 11 is 0. The molecule has 2 rings (SSSR count). The van der Waals surface area contributed by atoms with Crippen LogP contribution in [0.5, 0.6) is 0 Å². The molecule has 1 atom stereocenters. The van der Waals surface area contributed by atoms with Crippen LogP contribution in [0.25, 0.3) is 0 Å². The Hall–Kier alpha value is -0.870. The van der Waals surface area contributed by atoms with Crippen molar-refractivity contribution in [2.24, 2.45) is 11.7 Å². The average Bonchev–Trinajstić information content (AvgIpc) is 2.78. The topological polar surface area (TPSA) is 53.1 Å². The van der Waals surface area contributed by atoms with Crippen molar-refractivity contribution >= 4 is 0 Å². The number of hydrogen-bond donors (Lipinski definition) is 1. The lowest BCUT2D eigenvalue weighted by Gasteiger charge is -2.27.